The fourth-order valence-electron chi connectivity index (χ4n) is 4.18. The molecule has 1 fully saturated rings. The van der Waals surface area contributed by atoms with Crippen molar-refractivity contribution in [3.63, 3.8) is 0 Å². The predicted octanol–water partition coefficient (Wildman–Crippen LogP) is 3.84. The van der Waals surface area contributed by atoms with Gasteiger partial charge in [-0.15, -0.1) is 0 Å². The summed E-state index contributed by atoms with van der Waals surface area (Å²) in [6.45, 7) is 2.68. The van der Waals surface area contributed by atoms with Gasteiger partial charge in [0.1, 0.15) is 17.4 Å². The van der Waals surface area contributed by atoms with Crippen LogP contribution in [-0.2, 0) is 12.8 Å². The van der Waals surface area contributed by atoms with E-state index in [1.807, 2.05) is 13.0 Å². The van der Waals surface area contributed by atoms with Crippen molar-refractivity contribution < 1.29 is 18.3 Å². The van der Waals surface area contributed by atoms with Gasteiger partial charge in [-0.1, -0.05) is 12.1 Å². The summed E-state index contributed by atoms with van der Waals surface area (Å²) in [5.41, 5.74) is 3.33. The first-order valence-corrected chi connectivity index (χ1v) is 10.9. The van der Waals surface area contributed by atoms with Gasteiger partial charge in [0, 0.05) is 56.4 Å². The van der Waals surface area contributed by atoms with E-state index < -0.39 is 5.92 Å². The van der Waals surface area contributed by atoms with Gasteiger partial charge in [0.05, 0.1) is 30.0 Å². The Morgan fingerprint density at radius 1 is 1.30 bits per heavy atom. The van der Waals surface area contributed by atoms with Gasteiger partial charge in [-0.05, 0) is 19.1 Å². The summed E-state index contributed by atoms with van der Waals surface area (Å²) in [6, 6.07) is 7.30. The number of ether oxygens (including phenoxy) is 1. The molecule has 4 rings (SSSR count). The number of rotatable bonds is 6. The van der Waals surface area contributed by atoms with Crippen LogP contribution in [0.25, 0.3) is 5.57 Å². The number of benzene rings is 1. The maximum atomic E-state index is 13.4. The SMILES string of the molecule is CCNc1nc(Cc2ccc(C(=O)N3CCC(F)(F)CC3)cc2OC)nc2c1C(C#N)=CC2. The summed E-state index contributed by atoms with van der Waals surface area (Å²) in [5, 5.41) is 12.6. The van der Waals surface area contributed by atoms with Crippen molar-refractivity contribution in [2.45, 2.75) is 38.5 Å². The molecule has 0 spiro atoms. The quantitative estimate of drug-likeness (QED) is 0.715. The van der Waals surface area contributed by atoms with Gasteiger partial charge in [-0.2, -0.15) is 5.26 Å². The number of anilines is 1. The van der Waals surface area contributed by atoms with E-state index in [0.29, 0.717) is 47.9 Å². The monoisotopic (exact) mass is 453 g/mol. The maximum absolute atomic E-state index is 13.4. The molecular formula is C24H25F2N5O2. The molecule has 1 N–H and O–H groups in total. The molecule has 172 valence electrons. The highest BCUT2D eigenvalue weighted by Gasteiger charge is 2.36. The Labute approximate surface area is 191 Å². The molecule has 2 aliphatic rings. The normalized spacial score (nSPS) is 16.6. The van der Waals surface area contributed by atoms with Crippen molar-refractivity contribution in [1.82, 2.24) is 14.9 Å². The number of fused-ring (bicyclic) bond motifs is 1. The van der Waals surface area contributed by atoms with E-state index in [1.165, 1.54) is 12.0 Å². The Kier molecular flexibility index (Phi) is 6.27. The smallest absolute Gasteiger partial charge is 0.253 e. The van der Waals surface area contributed by atoms with E-state index in [4.69, 9.17) is 4.74 Å². The summed E-state index contributed by atoms with van der Waals surface area (Å²) in [4.78, 5) is 23.6. The van der Waals surface area contributed by atoms with Crippen LogP contribution in [0.5, 0.6) is 5.75 Å². The molecule has 0 atom stereocenters. The number of hydrogen-bond donors (Lipinski definition) is 1. The number of alkyl halides is 2. The number of halogens is 2. The zero-order valence-electron chi connectivity index (χ0n) is 18.6. The zero-order chi connectivity index (χ0) is 23.6. The number of allylic oxidation sites excluding steroid dienone is 2. The van der Waals surface area contributed by atoms with Crippen molar-refractivity contribution in [2.75, 3.05) is 32.1 Å². The van der Waals surface area contributed by atoms with Crippen molar-refractivity contribution in [1.29, 1.82) is 5.26 Å². The number of nitrogens with one attached hydrogen (secondary N) is 1. The molecule has 0 bridgehead atoms. The van der Waals surface area contributed by atoms with Gasteiger partial charge in [0.2, 0.25) is 0 Å². The standard InChI is InChI=1S/C24H25F2N5O2/c1-3-28-22-21-17(14-27)6-7-18(21)29-20(30-22)13-15-4-5-16(12-19(15)33-2)23(32)31-10-8-24(25,26)9-11-31/h4-6,12H,3,7-11,13H2,1-2H3,(H,28,29,30). The van der Waals surface area contributed by atoms with E-state index in [0.717, 1.165) is 16.8 Å². The first-order chi connectivity index (χ1) is 15.8. The van der Waals surface area contributed by atoms with Crippen LogP contribution in [0.1, 0.15) is 52.8 Å². The van der Waals surface area contributed by atoms with Crippen molar-refractivity contribution >= 4 is 17.3 Å². The topological polar surface area (TPSA) is 91.1 Å². The van der Waals surface area contributed by atoms with Crippen LogP contribution in [0.2, 0.25) is 0 Å². The summed E-state index contributed by atoms with van der Waals surface area (Å²) < 4.78 is 32.4. The number of methoxy groups -OCH3 is 1. The lowest BCUT2D eigenvalue weighted by molar-refractivity contribution is -0.0494. The van der Waals surface area contributed by atoms with Crippen molar-refractivity contribution in [3.8, 4) is 11.8 Å². The Hall–Kier alpha value is -3.54. The molecule has 2 heterocycles. The predicted molar refractivity (Wildman–Crippen MR) is 119 cm³/mol. The molecule has 9 heteroatoms. The molecule has 2 aromatic rings. The van der Waals surface area contributed by atoms with Crippen LogP contribution >= 0.6 is 0 Å². The van der Waals surface area contributed by atoms with Crippen LogP contribution in [0, 0.1) is 11.3 Å². The van der Waals surface area contributed by atoms with Crippen LogP contribution in [0.15, 0.2) is 24.3 Å². The fourth-order valence-corrected chi connectivity index (χ4v) is 4.18. The highest BCUT2D eigenvalue weighted by molar-refractivity contribution is 5.95. The molecule has 0 unspecified atom stereocenters. The summed E-state index contributed by atoms with van der Waals surface area (Å²) in [6.07, 6.45) is 2.16. The Morgan fingerprint density at radius 2 is 2.06 bits per heavy atom. The Morgan fingerprint density at radius 3 is 2.73 bits per heavy atom. The number of hydrogen-bond acceptors (Lipinski definition) is 6. The molecular weight excluding hydrogens is 428 g/mol. The van der Waals surface area contributed by atoms with Gasteiger partial charge >= 0.3 is 0 Å². The first kappa shape index (κ1) is 22.6. The van der Waals surface area contributed by atoms with Crippen LogP contribution < -0.4 is 10.1 Å². The number of nitriles is 1. The third-order valence-electron chi connectivity index (χ3n) is 5.93. The average Bonchev–Trinajstić information content (AvgIpc) is 3.22. The molecule has 1 amide bonds. The first-order valence-electron chi connectivity index (χ1n) is 10.9. The highest BCUT2D eigenvalue weighted by atomic mass is 19.3. The van der Waals surface area contributed by atoms with Gasteiger partial charge < -0.3 is 15.0 Å². The number of piperidine rings is 1. The third kappa shape index (κ3) is 4.65. The molecule has 33 heavy (non-hydrogen) atoms. The average molecular weight is 453 g/mol. The maximum Gasteiger partial charge on any atom is 0.253 e. The number of carbonyl (C=O) groups excluding carboxylic acids is 1. The minimum absolute atomic E-state index is 0.0325. The van der Waals surface area contributed by atoms with E-state index in [1.54, 1.807) is 18.2 Å². The Bertz CT molecular complexity index is 1150. The number of nitrogens with zero attached hydrogens (tertiary/aromatic N) is 4. The minimum atomic E-state index is -2.71. The Balaban J connectivity index is 1.57. The van der Waals surface area contributed by atoms with Crippen molar-refractivity contribution in [3.05, 3.63) is 52.5 Å². The molecule has 1 aliphatic heterocycles. The molecule has 1 aromatic carbocycles. The van der Waals surface area contributed by atoms with E-state index >= 15 is 0 Å². The van der Waals surface area contributed by atoms with E-state index in [-0.39, 0.29) is 31.8 Å². The van der Waals surface area contributed by atoms with Gasteiger partial charge in [-0.25, -0.2) is 18.7 Å². The number of carbonyl (C=O) groups is 1. The molecule has 1 aromatic heterocycles. The van der Waals surface area contributed by atoms with E-state index in [9.17, 15) is 18.8 Å². The second-order valence-electron chi connectivity index (χ2n) is 8.13. The van der Waals surface area contributed by atoms with Gasteiger partial charge in [-0.3, -0.25) is 4.79 Å². The number of amides is 1. The summed E-state index contributed by atoms with van der Waals surface area (Å²) >= 11 is 0. The lowest BCUT2D eigenvalue weighted by atomic mass is 10.0. The summed E-state index contributed by atoms with van der Waals surface area (Å²) in [7, 11) is 1.52. The third-order valence-corrected chi connectivity index (χ3v) is 5.93. The number of aromatic nitrogens is 2. The molecule has 1 saturated heterocycles. The van der Waals surface area contributed by atoms with Crippen LogP contribution in [0.4, 0.5) is 14.6 Å². The van der Waals surface area contributed by atoms with Crippen LogP contribution in [0.3, 0.4) is 0 Å². The highest BCUT2D eigenvalue weighted by Crippen LogP contribution is 2.33. The van der Waals surface area contributed by atoms with Crippen LogP contribution in [-0.4, -0.2) is 53.4 Å². The van der Waals surface area contributed by atoms with Gasteiger partial charge in [0.15, 0.2) is 0 Å². The molecule has 1 aliphatic carbocycles. The van der Waals surface area contributed by atoms with Gasteiger partial charge in [0.25, 0.3) is 11.8 Å². The zero-order valence-corrected chi connectivity index (χ0v) is 18.6. The summed E-state index contributed by atoms with van der Waals surface area (Å²) in [5.74, 6) is -1.27. The molecule has 0 radical (unpaired) electrons. The minimum Gasteiger partial charge on any atom is -0.496 e. The second-order valence-corrected chi connectivity index (χ2v) is 8.13. The largest absolute Gasteiger partial charge is 0.496 e. The fraction of sp³-hybridized carbons (Fsp3) is 0.417. The lowest BCUT2D eigenvalue weighted by Gasteiger charge is -2.31. The second kappa shape index (κ2) is 9.14. The van der Waals surface area contributed by atoms with Crippen molar-refractivity contribution in [2.24, 2.45) is 0 Å². The molecule has 0 saturated carbocycles. The number of likely N-dealkylation sites (tertiary alicyclic amines) is 1. The molecule has 7 nitrogen and oxygen atoms in total. The lowest BCUT2D eigenvalue weighted by Crippen LogP contribution is -2.42. The van der Waals surface area contributed by atoms with E-state index in [2.05, 4.69) is 21.4 Å².